The highest BCUT2D eigenvalue weighted by atomic mass is 32.2. The minimum absolute atomic E-state index is 0.0807. The Labute approximate surface area is 146 Å². The van der Waals surface area contributed by atoms with Crippen LogP contribution in [0.3, 0.4) is 0 Å². The van der Waals surface area contributed by atoms with Crippen LogP contribution < -0.4 is 9.62 Å². The van der Waals surface area contributed by atoms with Gasteiger partial charge in [0.15, 0.2) is 0 Å². The van der Waals surface area contributed by atoms with Crippen LogP contribution in [0.15, 0.2) is 47.6 Å². The van der Waals surface area contributed by atoms with Gasteiger partial charge < -0.3 is 9.80 Å². The van der Waals surface area contributed by atoms with Crippen LogP contribution in [0.2, 0.25) is 0 Å². The first-order chi connectivity index (χ1) is 12.0. The zero-order chi connectivity index (χ0) is 17.9. The Balaban J connectivity index is 1.70. The molecule has 1 fully saturated rings. The number of carbonyl (C=O) groups excluding carboxylic acids is 1. The number of nitrogens with one attached hydrogen (secondary N) is 1. The number of benzene rings is 1. The fourth-order valence-corrected chi connectivity index (χ4v) is 3.44. The van der Waals surface area contributed by atoms with Crippen molar-refractivity contribution < 1.29 is 13.2 Å². The zero-order valence-electron chi connectivity index (χ0n) is 13.8. The Hall–Kier alpha value is -2.52. The molecule has 1 N–H and O–H groups in total. The summed E-state index contributed by atoms with van der Waals surface area (Å²) in [4.78, 5) is 24.9. The molecule has 25 heavy (non-hydrogen) atoms. The summed E-state index contributed by atoms with van der Waals surface area (Å²) in [6.07, 6.45) is 3.38. The van der Waals surface area contributed by atoms with E-state index in [-0.39, 0.29) is 10.8 Å². The van der Waals surface area contributed by atoms with Gasteiger partial charge in [-0.3, -0.25) is 4.79 Å². The van der Waals surface area contributed by atoms with Crippen molar-refractivity contribution >= 4 is 21.9 Å². The van der Waals surface area contributed by atoms with Crippen LogP contribution in [0.25, 0.3) is 0 Å². The summed E-state index contributed by atoms with van der Waals surface area (Å²) in [6.45, 7) is 2.31. The molecule has 1 aliphatic rings. The summed E-state index contributed by atoms with van der Waals surface area (Å²) in [5.41, 5.74) is 0.362. The fourth-order valence-electron chi connectivity index (χ4n) is 2.66. The third kappa shape index (κ3) is 3.77. The van der Waals surface area contributed by atoms with Crippen molar-refractivity contribution in [1.82, 2.24) is 19.6 Å². The van der Waals surface area contributed by atoms with Gasteiger partial charge in [0.05, 0.1) is 4.90 Å². The Morgan fingerprint density at radius 3 is 2.40 bits per heavy atom. The monoisotopic (exact) mass is 361 g/mol. The van der Waals surface area contributed by atoms with Crippen LogP contribution in [0, 0.1) is 0 Å². The number of carbonyl (C=O) groups is 1. The highest BCUT2D eigenvalue weighted by molar-refractivity contribution is 7.89. The molecule has 2 aromatic rings. The second-order valence-electron chi connectivity index (χ2n) is 5.56. The van der Waals surface area contributed by atoms with E-state index < -0.39 is 10.0 Å². The normalized spacial score (nSPS) is 15.2. The van der Waals surface area contributed by atoms with E-state index in [9.17, 15) is 13.2 Å². The summed E-state index contributed by atoms with van der Waals surface area (Å²) in [7, 11) is -2.23. The summed E-state index contributed by atoms with van der Waals surface area (Å²) < 4.78 is 26.0. The van der Waals surface area contributed by atoms with Crippen molar-refractivity contribution in [2.75, 3.05) is 38.1 Å². The molecule has 0 aliphatic carbocycles. The van der Waals surface area contributed by atoms with Gasteiger partial charge in [0.2, 0.25) is 16.0 Å². The number of aromatic nitrogens is 2. The van der Waals surface area contributed by atoms with E-state index in [1.54, 1.807) is 35.5 Å². The Morgan fingerprint density at radius 2 is 1.76 bits per heavy atom. The van der Waals surface area contributed by atoms with E-state index in [0.29, 0.717) is 37.7 Å². The van der Waals surface area contributed by atoms with Crippen molar-refractivity contribution in [1.29, 1.82) is 0 Å². The maximum atomic E-state index is 12.7. The second kappa shape index (κ2) is 7.16. The van der Waals surface area contributed by atoms with Gasteiger partial charge in [-0.25, -0.2) is 23.1 Å². The molecular formula is C16H19N5O3S. The van der Waals surface area contributed by atoms with Gasteiger partial charge in [-0.15, -0.1) is 0 Å². The van der Waals surface area contributed by atoms with E-state index >= 15 is 0 Å². The third-order valence-electron chi connectivity index (χ3n) is 4.06. The van der Waals surface area contributed by atoms with Gasteiger partial charge in [-0.2, -0.15) is 0 Å². The lowest BCUT2D eigenvalue weighted by atomic mass is 10.2. The maximum Gasteiger partial charge on any atom is 0.254 e. The lowest BCUT2D eigenvalue weighted by Crippen LogP contribution is -2.49. The fraction of sp³-hybridized carbons (Fsp3) is 0.312. The Bertz CT molecular complexity index is 849. The molecule has 0 atom stereocenters. The van der Waals surface area contributed by atoms with Crippen LogP contribution in [-0.4, -0.2) is 62.4 Å². The number of nitrogens with zero attached hydrogens (tertiary/aromatic N) is 4. The average Bonchev–Trinajstić information content (AvgIpc) is 2.68. The van der Waals surface area contributed by atoms with E-state index in [4.69, 9.17) is 0 Å². The smallest absolute Gasteiger partial charge is 0.254 e. The zero-order valence-corrected chi connectivity index (χ0v) is 14.6. The second-order valence-corrected chi connectivity index (χ2v) is 7.45. The largest absolute Gasteiger partial charge is 0.337 e. The number of amides is 1. The molecule has 1 aromatic heterocycles. The number of rotatable bonds is 4. The van der Waals surface area contributed by atoms with Crippen molar-refractivity contribution in [3.63, 3.8) is 0 Å². The van der Waals surface area contributed by atoms with E-state index in [2.05, 4.69) is 14.7 Å². The molecule has 3 rings (SSSR count). The molecule has 1 amide bonds. The summed E-state index contributed by atoms with van der Waals surface area (Å²) in [5.74, 6) is 0.471. The van der Waals surface area contributed by atoms with E-state index in [1.807, 2.05) is 4.90 Å². The van der Waals surface area contributed by atoms with Crippen LogP contribution in [-0.2, 0) is 10.0 Å². The minimum Gasteiger partial charge on any atom is -0.337 e. The highest BCUT2D eigenvalue weighted by Gasteiger charge is 2.24. The quantitative estimate of drug-likeness (QED) is 0.844. The number of sulfonamides is 1. The number of hydrogen-bond donors (Lipinski definition) is 1. The first-order valence-electron chi connectivity index (χ1n) is 7.86. The molecule has 132 valence electrons. The van der Waals surface area contributed by atoms with Crippen molar-refractivity contribution in [3.05, 3.63) is 48.3 Å². The number of hydrogen-bond acceptors (Lipinski definition) is 6. The van der Waals surface area contributed by atoms with Crippen LogP contribution >= 0.6 is 0 Å². The van der Waals surface area contributed by atoms with Crippen molar-refractivity contribution in [3.8, 4) is 0 Å². The topological polar surface area (TPSA) is 95.5 Å². The van der Waals surface area contributed by atoms with Gasteiger partial charge in [0, 0.05) is 44.1 Å². The Morgan fingerprint density at radius 1 is 1.08 bits per heavy atom. The van der Waals surface area contributed by atoms with Crippen LogP contribution in [0.5, 0.6) is 0 Å². The number of piperazine rings is 1. The summed E-state index contributed by atoms with van der Waals surface area (Å²) in [5, 5.41) is 0. The molecule has 0 spiro atoms. The molecule has 1 aromatic carbocycles. The molecule has 9 heteroatoms. The molecule has 2 heterocycles. The lowest BCUT2D eigenvalue weighted by molar-refractivity contribution is 0.0746. The summed E-state index contributed by atoms with van der Waals surface area (Å²) >= 11 is 0. The first kappa shape index (κ1) is 17.3. The minimum atomic E-state index is -3.58. The highest BCUT2D eigenvalue weighted by Crippen LogP contribution is 2.15. The average molecular weight is 361 g/mol. The van der Waals surface area contributed by atoms with Gasteiger partial charge in [0.25, 0.3) is 5.91 Å². The van der Waals surface area contributed by atoms with Gasteiger partial charge in [-0.1, -0.05) is 6.07 Å². The van der Waals surface area contributed by atoms with Crippen molar-refractivity contribution in [2.45, 2.75) is 4.90 Å². The predicted octanol–water partition coefficient (Wildman–Crippen LogP) is 0.347. The van der Waals surface area contributed by atoms with Gasteiger partial charge >= 0.3 is 0 Å². The Kier molecular flexibility index (Phi) is 4.95. The third-order valence-corrected chi connectivity index (χ3v) is 5.47. The molecule has 8 nitrogen and oxygen atoms in total. The van der Waals surface area contributed by atoms with Crippen LogP contribution in [0.1, 0.15) is 10.4 Å². The first-order valence-corrected chi connectivity index (χ1v) is 9.34. The summed E-state index contributed by atoms with van der Waals surface area (Å²) in [6, 6.07) is 7.83. The molecule has 0 radical (unpaired) electrons. The molecule has 1 saturated heterocycles. The SMILES string of the molecule is CNS(=O)(=O)c1cccc(C(=O)N2CCN(c3ncccn3)CC2)c1. The van der Waals surface area contributed by atoms with Gasteiger partial charge in [0.1, 0.15) is 0 Å². The standard InChI is InChI=1S/C16H19N5O3S/c1-17-25(23,24)14-5-2-4-13(12-14)15(22)20-8-10-21(11-9-20)16-18-6-3-7-19-16/h2-7,12,17H,8-11H2,1H3. The van der Waals surface area contributed by atoms with E-state index in [1.165, 1.54) is 19.2 Å². The van der Waals surface area contributed by atoms with Gasteiger partial charge in [-0.05, 0) is 31.3 Å². The molecule has 0 unspecified atom stereocenters. The molecule has 0 saturated carbocycles. The molecule has 1 aliphatic heterocycles. The predicted molar refractivity (Wildman–Crippen MR) is 92.8 cm³/mol. The molecule has 0 bridgehead atoms. The van der Waals surface area contributed by atoms with Crippen LogP contribution in [0.4, 0.5) is 5.95 Å². The lowest BCUT2D eigenvalue weighted by Gasteiger charge is -2.34. The van der Waals surface area contributed by atoms with E-state index in [0.717, 1.165) is 0 Å². The maximum absolute atomic E-state index is 12.7. The number of anilines is 1. The van der Waals surface area contributed by atoms with Crippen molar-refractivity contribution in [2.24, 2.45) is 0 Å². The molecular weight excluding hydrogens is 342 g/mol.